The summed E-state index contributed by atoms with van der Waals surface area (Å²) in [6.07, 6.45) is 1.91. The van der Waals surface area contributed by atoms with Crippen molar-refractivity contribution < 1.29 is 31.1 Å². The molecule has 0 aliphatic carbocycles. The molecule has 1 aromatic carbocycles. The Labute approximate surface area is 140 Å². The predicted octanol–water partition coefficient (Wildman–Crippen LogP) is -0.166. The van der Waals surface area contributed by atoms with E-state index in [1.807, 2.05) is 54.1 Å². The number of rotatable bonds is 6. The van der Waals surface area contributed by atoms with Crippen molar-refractivity contribution in [1.82, 2.24) is 0 Å². The van der Waals surface area contributed by atoms with Gasteiger partial charge in [0, 0.05) is 17.9 Å². The van der Waals surface area contributed by atoms with Crippen LogP contribution in [0.3, 0.4) is 0 Å². The van der Waals surface area contributed by atoms with Gasteiger partial charge in [-0.15, -0.1) is 0 Å². The summed E-state index contributed by atoms with van der Waals surface area (Å²) >= 11 is 1.72. The average Bonchev–Trinajstić information content (AvgIpc) is 2.48. The highest BCUT2D eigenvalue weighted by atomic mass is 79.9. The maximum absolute atomic E-state index is 11.6. The number of hydrogen-bond donors (Lipinski definition) is 0. The summed E-state index contributed by atoms with van der Waals surface area (Å²) in [6.45, 7) is 2.49. The van der Waals surface area contributed by atoms with E-state index < -0.39 is 0 Å². The Hall–Kier alpha value is -1.33. The van der Waals surface area contributed by atoms with E-state index in [0.717, 1.165) is 10.8 Å². The van der Waals surface area contributed by atoms with E-state index in [0.29, 0.717) is 6.61 Å². The molecule has 0 bridgehead atoms. The molecule has 5 heteroatoms. The van der Waals surface area contributed by atoms with Crippen molar-refractivity contribution in [3.05, 3.63) is 60.3 Å². The molecule has 1 heterocycles. The summed E-state index contributed by atoms with van der Waals surface area (Å²) in [7, 11) is 0. The van der Waals surface area contributed by atoms with Crippen molar-refractivity contribution >= 4 is 17.7 Å². The Morgan fingerprint density at radius 2 is 1.86 bits per heavy atom. The molecular weight excluding hydrogens is 350 g/mol. The van der Waals surface area contributed by atoms with E-state index in [9.17, 15) is 4.79 Å². The summed E-state index contributed by atoms with van der Waals surface area (Å²) in [5.74, 6) is 0.679. The number of nitrogens with zero attached hydrogens (tertiary/aromatic N) is 1. The number of aromatic nitrogens is 1. The molecular formula is C16H18BrNO2S. The molecule has 0 radical (unpaired) electrons. The molecule has 0 aliphatic heterocycles. The number of halogens is 1. The number of pyridine rings is 1. The number of carbonyl (C=O) groups is 1. The number of thioether (sulfide) groups is 1. The molecule has 2 rings (SSSR count). The smallest absolute Gasteiger partial charge is 0.372 e. The Morgan fingerprint density at radius 1 is 1.14 bits per heavy atom. The molecule has 0 unspecified atom stereocenters. The molecule has 21 heavy (non-hydrogen) atoms. The zero-order chi connectivity index (χ0) is 14.2. The molecule has 0 fully saturated rings. The monoisotopic (exact) mass is 367 g/mol. The first-order valence-electron chi connectivity index (χ1n) is 6.60. The standard InChI is InChI=1S/C16H18NO2S.BrH/c1-2-19-16(18)12-17-11-7-6-10-15(17)20-13-14-8-4-3-5-9-14;/h3-11H,2,12-13H2,1H3;1H/q+1;/p-1. The number of hydrogen-bond acceptors (Lipinski definition) is 3. The molecule has 2 aromatic rings. The quantitative estimate of drug-likeness (QED) is 0.403. The van der Waals surface area contributed by atoms with Crippen molar-refractivity contribution in [1.29, 1.82) is 0 Å². The van der Waals surface area contributed by atoms with Gasteiger partial charge in [-0.2, -0.15) is 4.57 Å². The lowest BCUT2D eigenvalue weighted by Gasteiger charge is -2.03. The van der Waals surface area contributed by atoms with Crippen LogP contribution in [0.15, 0.2) is 59.8 Å². The summed E-state index contributed by atoms with van der Waals surface area (Å²) < 4.78 is 6.92. The maximum atomic E-state index is 11.6. The van der Waals surface area contributed by atoms with E-state index >= 15 is 0 Å². The molecule has 0 atom stereocenters. The first-order valence-corrected chi connectivity index (χ1v) is 7.59. The van der Waals surface area contributed by atoms with E-state index in [1.165, 1.54) is 5.56 Å². The molecule has 3 nitrogen and oxygen atoms in total. The second-order valence-electron chi connectivity index (χ2n) is 4.25. The average molecular weight is 368 g/mol. The van der Waals surface area contributed by atoms with Gasteiger partial charge >= 0.3 is 5.97 Å². The maximum Gasteiger partial charge on any atom is 0.372 e. The van der Waals surface area contributed by atoms with Crippen molar-refractivity contribution in [3.8, 4) is 0 Å². The first-order chi connectivity index (χ1) is 9.79. The largest absolute Gasteiger partial charge is 1.00 e. The van der Waals surface area contributed by atoms with Crippen LogP contribution < -0.4 is 21.5 Å². The Morgan fingerprint density at radius 3 is 2.57 bits per heavy atom. The fourth-order valence-corrected chi connectivity index (χ4v) is 2.77. The summed E-state index contributed by atoms with van der Waals surface area (Å²) in [4.78, 5) is 11.6. The van der Waals surface area contributed by atoms with Crippen LogP contribution >= 0.6 is 11.8 Å². The van der Waals surface area contributed by atoms with Gasteiger partial charge in [0.15, 0.2) is 6.20 Å². The zero-order valence-corrected chi connectivity index (χ0v) is 14.3. The minimum atomic E-state index is -0.203. The molecule has 0 spiro atoms. The van der Waals surface area contributed by atoms with Crippen LogP contribution in [0.1, 0.15) is 12.5 Å². The highest BCUT2D eigenvalue weighted by Gasteiger charge is 2.15. The highest BCUT2D eigenvalue weighted by Crippen LogP contribution is 2.19. The fourth-order valence-electron chi connectivity index (χ4n) is 1.80. The normalized spacial score (nSPS) is 9.76. The fraction of sp³-hybridized carbons (Fsp3) is 0.250. The summed E-state index contributed by atoms with van der Waals surface area (Å²) in [5.41, 5.74) is 1.27. The van der Waals surface area contributed by atoms with Crippen molar-refractivity contribution in [2.24, 2.45) is 0 Å². The highest BCUT2D eigenvalue weighted by molar-refractivity contribution is 7.98. The van der Waals surface area contributed by atoms with E-state index in [4.69, 9.17) is 4.74 Å². The number of benzene rings is 1. The Kier molecular flexibility index (Phi) is 8.08. The van der Waals surface area contributed by atoms with Gasteiger partial charge in [0.2, 0.25) is 11.6 Å². The van der Waals surface area contributed by atoms with Gasteiger partial charge in [0.05, 0.1) is 6.61 Å². The van der Waals surface area contributed by atoms with Crippen LogP contribution in [-0.2, 0) is 21.8 Å². The minimum Gasteiger partial charge on any atom is -1.00 e. The SMILES string of the molecule is CCOC(=O)C[n+]1ccccc1SCc1ccccc1.[Br-]. The molecule has 0 saturated heterocycles. The van der Waals surface area contributed by atoms with Crippen LogP contribution in [0.25, 0.3) is 0 Å². The summed E-state index contributed by atoms with van der Waals surface area (Å²) in [6, 6.07) is 16.2. The lowest BCUT2D eigenvalue weighted by molar-refractivity contribution is -0.722. The van der Waals surface area contributed by atoms with Gasteiger partial charge in [-0.05, 0) is 18.6 Å². The lowest BCUT2D eigenvalue weighted by Crippen LogP contribution is -3.00. The van der Waals surface area contributed by atoms with Gasteiger partial charge in [-0.25, -0.2) is 4.79 Å². The third kappa shape index (κ3) is 5.89. The molecule has 0 amide bonds. The predicted molar refractivity (Wildman–Crippen MR) is 79.3 cm³/mol. The number of esters is 1. The third-order valence-corrected chi connectivity index (χ3v) is 3.88. The molecule has 112 valence electrons. The molecule has 0 saturated carbocycles. The van der Waals surface area contributed by atoms with Gasteiger partial charge in [0.25, 0.3) is 0 Å². The van der Waals surface area contributed by atoms with E-state index in [1.54, 1.807) is 11.8 Å². The summed E-state index contributed by atoms with van der Waals surface area (Å²) in [5, 5.41) is 1.06. The van der Waals surface area contributed by atoms with E-state index in [-0.39, 0.29) is 29.5 Å². The van der Waals surface area contributed by atoms with Crippen LogP contribution in [0.4, 0.5) is 0 Å². The Bertz CT molecular complexity index is 563. The van der Waals surface area contributed by atoms with Crippen LogP contribution in [-0.4, -0.2) is 12.6 Å². The van der Waals surface area contributed by atoms with Gasteiger partial charge < -0.3 is 21.7 Å². The van der Waals surface area contributed by atoms with Crippen molar-refractivity contribution in [2.45, 2.75) is 24.2 Å². The van der Waals surface area contributed by atoms with Crippen LogP contribution in [0, 0.1) is 0 Å². The number of ether oxygens (including phenoxy) is 1. The van der Waals surface area contributed by atoms with Gasteiger partial charge in [-0.3, -0.25) is 0 Å². The second-order valence-corrected chi connectivity index (χ2v) is 5.24. The van der Waals surface area contributed by atoms with Crippen molar-refractivity contribution in [2.75, 3.05) is 6.61 Å². The van der Waals surface area contributed by atoms with E-state index in [2.05, 4.69) is 12.1 Å². The van der Waals surface area contributed by atoms with Crippen LogP contribution in [0.5, 0.6) is 0 Å². The molecule has 0 N–H and O–H groups in total. The topological polar surface area (TPSA) is 30.2 Å². The minimum absolute atomic E-state index is 0. The third-order valence-electron chi connectivity index (χ3n) is 2.73. The zero-order valence-electron chi connectivity index (χ0n) is 11.9. The van der Waals surface area contributed by atoms with Gasteiger partial charge in [0.1, 0.15) is 0 Å². The lowest BCUT2D eigenvalue weighted by atomic mass is 10.2. The van der Waals surface area contributed by atoms with Gasteiger partial charge in [-0.1, -0.05) is 42.1 Å². The Balaban J connectivity index is 0.00000220. The molecule has 1 aromatic heterocycles. The van der Waals surface area contributed by atoms with Crippen molar-refractivity contribution in [3.63, 3.8) is 0 Å². The first kappa shape index (κ1) is 17.7. The second kappa shape index (κ2) is 9.58. The number of carbonyl (C=O) groups excluding carboxylic acids is 1. The molecule has 0 aliphatic rings. The van der Waals surface area contributed by atoms with Crippen LogP contribution in [0.2, 0.25) is 0 Å².